The average Bonchev–Trinajstić information content (AvgIpc) is 2.69. The van der Waals surface area contributed by atoms with Gasteiger partial charge in [-0.3, -0.25) is 4.79 Å². The van der Waals surface area contributed by atoms with Gasteiger partial charge in [-0.15, -0.1) is 11.6 Å². The first-order chi connectivity index (χ1) is 10.1. The van der Waals surface area contributed by atoms with E-state index in [1.165, 1.54) is 0 Å². The van der Waals surface area contributed by atoms with Crippen molar-refractivity contribution in [3.05, 3.63) is 62.7 Å². The quantitative estimate of drug-likeness (QED) is 0.602. The van der Waals surface area contributed by atoms with Crippen LogP contribution in [0.3, 0.4) is 0 Å². The van der Waals surface area contributed by atoms with Crippen molar-refractivity contribution in [3.8, 4) is 5.75 Å². The molecule has 3 nitrogen and oxygen atoms in total. The highest BCUT2D eigenvalue weighted by Crippen LogP contribution is 2.32. The van der Waals surface area contributed by atoms with E-state index < -0.39 is 0 Å². The molecule has 1 N–H and O–H groups in total. The second kappa shape index (κ2) is 6.23. The van der Waals surface area contributed by atoms with Crippen molar-refractivity contribution in [1.29, 1.82) is 0 Å². The molecule has 2 aromatic carbocycles. The molecule has 21 heavy (non-hydrogen) atoms. The molecule has 108 valence electrons. The summed E-state index contributed by atoms with van der Waals surface area (Å²) in [6.45, 7) is 1.00. The van der Waals surface area contributed by atoms with Gasteiger partial charge < -0.3 is 10.1 Å². The average molecular weight is 414 g/mol. The van der Waals surface area contributed by atoms with Gasteiger partial charge in [0.1, 0.15) is 12.4 Å². The topological polar surface area (TPSA) is 38.3 Å². The summed E-state index contributed by atoms with van der Waals surface area (Å²) in [4.78, 5) is 12.0. The lowest BCUT2D eigenvalue weighted by Gasteiger charge is -2.13. The fraction of sp³-hybridized carbons (Fsp3) is 0.188. The molecule has 0 saturated heterocycles. The van der Waals surface area contributed by atoms with Crippen LogP contribution in [-0.4, -0.2) is 19.1 Å². The van der Waals surface area contributed by atoms with E-state index in [1.54, 1.807) is 0 Å². The Hall–Kier alpha value is -1.27. The molecule has 1 aliphatic rings. The van der Waals surface area contributed by atoms with E-state index in [2.05, 4.69) is 27.9 Å². The van der Waals surface area contributed by atoms with Crippen molar-refractivity contribution in [2.45, 2.75) is 5.38 Å². The van der Waals surface area contributed by atoms with Crippen LogP contribution in [0.5, 0.6) is 5.75 Å². The number of ether oxygens (including phenoxy) is 1. The number of alkyl halides is 1. The van der Waals surface area contributed by atoms with E-state index in [0.29, 0.717) is 24.5 Å². The van der Waals surface area contributed by atoms with E-state index in [4.69, 9.17) is 16.3 Å². The zero-order valence-corrected chi connectivity index (χ0v) is 14.0. The summed E-state index contributed by atoms with van der Waals surface area (Å²) >= 11 is 8.80. The number of nitrogens with one attached hydrogen (secondary N) is 1. The molecule has 3 rings (SSSR count). The van der Waals surface area contributed by atoms with Crippen LogP contribution >= 0.6 is 34.2 Å². The number of rotatable bonds is 2. The summed E-state index contributed by atoms with van der Waals surface area (Å²) in [5.41, 5.74) is 2.44. The molecule has 5 heteroatoms. The van der Waals surface area contributed by atoms with Crippen LogP contribution in [0, 0.1) is 3.57 Å². The smallest absolute Gasteiger partial charge is 0.255 e. The zero-order chi connectivity index (χ0) is 14.8. The first-order valence-corrected chi connectivity index (χ1v) is 8.11. The third-order valence-electron chi connectivity index (χ3n) is 3.35. The number of benzene rings is 2. The minimum absolute atomic E-state index is 0.115. The highest BCUT2D eigenvalue weighted by Gasteiger charge is 2.19. The van der Waals surface area contributed by atoms with Crippen LogP contribution in [0.1, 0.15) is 26.9 Å². The van der Waals surface area contributed by atoms with E-state index in [0.717, 1.165) is 14.7 Å². The molecule has 0 spiro atoms. The van der Waals surface area contributed by atoms with E-state index in [-0.39, 0.29) is 11.3 Å². The summed E-state index contributed by atoms with van der Waals surface area (Å²) in [6, 6.07) is 13.6. The van der Waals surface area contributed by atoms with Crippen LogP contribution in [0.2, 0.25) is 0 Å². The van der Waals surface area contributed by atoms with Crippen molar-refractivity contribution >= 4 is 40.1 Å². The monoisotopic (exact) mass is 413 g/mol. The Morgan fingerprint density at radius 1 is 1.14 bits per heavy atom. The van der Waals surface area contributed by atoms with Gasteiger partial charge >= 0.3 is 0 Å². The van der Waals surface area contributed by atoms with Crippen LogP contribution in [0.15, 0.2) is 42.5 Å². The standard InChI is InChI=1S/C16H13ClINO2/c17-15(10-1-4-12(18)5-2-10)11-3-6-14-13(9-11)16(20)19-7-8-21-14/h1-6,9,15H,7-8H2,(H,19,20). The van der Waals surface area contributed by atoms with Crippen molar-refractivity contribution in [2.24, 2.45) is 0 Å². The maximum absolute atomic E-state index is 12.0. The van der Waals surface area contributed by atoms with E-state index >= 15 is 0 Å². The second-order valence-electron chi connectivity index (χ2n) is 4.77. The van der Waals surface area contributed by atoms with Crippen molar-refractivity contribution in [3.63, 3.8) is 0 Å². The molecule has 0 aliphatic carbocycles. The molecule has 0 radical (unpaired) electrons. The molecule has 1 aliphatic heterocycles. The lowest BCUT2D eigenvalue weighted by atomic mass is 10.0. The summed E-state index contributed by atoms with van der Waals surface area (Å²) < 4.78 is 6.71. The van der Waals surface area contributed by atoms with Gasteiger partial charge in [0, 0.05) is 3.57 Å². The molecular weight excluding hydrogens is 401 g/mol. The van der Waals surface area contributed by atoms with Crippen LogP contribution in [0.4, 0.5) is 0 Å². The van der Waals surface area contributed by atoms with Crippen LogP contribution in [0.25, 0.3) is 0 Å². The number of amides is 1. The maximum atomic E-state index is 12.0. The SMILES string of the molecule is O=C1NCCOc2ccc(C(Cl)c3ccc(I)cc3)cc21. The molecule has 2 aromatic rings. The molecule has 1 heterocycles. The Bertz CT molecular complexity index is 672. The lowest BCUT2D eigenvalue weighted by Crippen LogP contribution is -2.24. The molecule has 0 bridgehead atoms. The van der Waals surface area contributed by atoms with Crippen LogP contribution in [-0.2, 0) is 0 Å². The minimum Gasteiger partial charge on any atom is -0.491 e. The normalized spacial score (nSPS) is 15.4. The number of hydrogen-bond donors (Lipinski definition) is 1. The third-order valence-corrected chi connectivity index (χ3v) is 4.57. The number of carbonyl (C=O) groups excluding carboxylic acids is 1. The van der Waals surface area contributed by atoms with Crippen molar-refractivity contribution in [1.82, 2.24) is 5.32 Å². The zero-order valence-electron chi connectivity index (χ0n) is 11.1. The first-order valence-electron chi connectivity index (χ1n) is 6.59. The van der Waals surface area contributed by atoms with Crippen LogP contribution < -0.4 is 10.1 Å². The predicted molar refractivity (Wildman–Crippen MR) is 91.1 cm³/mol. The maximum Gasteiger partial charge on any atom is 0.255 e. The Kier molecular flexibility index (Phi) is 4.35. The summed E-state index contributed by atoms with van der Waals surface area (Å²) in [6.07, 6.45) is 0. The first kappa shape index (κ1) is 14.7. The fourth-order valence-corrected chi connectivity index (χ4v) is 2.89. The number of fused-ring (bicyclic) bond motifs is 1. The Balaban J connectivity index is 1.96. The highest BCUT2D eigenvalue weighted by atomic mass is 127. The van der Waals surface area contributed by atoms with Gasteiger partial charge in [0.2, 0.25) is 0 Å². The fourth-order valence-electron chi connectivity index (χ4n) is 2.25. The molecule has 1 atom stereocenters. The van der Waals surface area contributed by atoms with Gasteiger partial charge in [0.05, 0.1) is 17.5 Å². The number of halogens is 2. The van der Waals surface area contributed by atoms with E-state index in [1.807, 2.05) is 42.5 Å². The molecule has 1 amide bonds. The Labute approximate surface area is 141 Å². The van der Waals surface area contributed by atoms with Gasteiger partial charge in [0.25, 0.3) is 5.91 Å². The minimum atomic E-state index is -0.289. The summed E-state index contributed by atoms with van der Waals surface area (Å²) in [5.74, 6) is 0.496. The number of hydrogen-bond acceptors (Lipinski definition) is 2. The Morgan fingerprint density at radius 2 is 1.86 bits per heavy atom. The predicted octanol–water partition coefficient (Wildman–Crippen LogP) is 3.74. The van der Waals surface area contributed by atoms with Gasteiger partial charge in [-0.1, -0.05) is 18.2 Å². The van der Waals surface area contributed by atoms with E-state index in [9.17, 15) is 4.79 Å². The molecular formula is C16H13ClINO2. The molecule has 0 aromatic heterocycles. The Morgan fingerprint density at radius 3 is 2.62 bits per heavy atom. The molecule has 0 saturated carbocycles. The lowest BCUT2D eigenvalue weighted by molar-refractivity contribution is 0.0957. The molecule has 0 fully saturated rings. The van der Waals surface area contributed by atoms with Gasteiger partial charge in [-0.2, -0.15) is 0 Å². The summed E-state index contributed by atoms with van der Waals surface area (Å²) in [7, 11) is 0. The second-order valence-corrected chi connectivity index (χ2v) is 6.46. The van der Waals surface area contributed by atoms with Gasteiger partial charge in [-0.25, -0.2) is 0 Å². The van der Waals surface area contributed by atoms with Gasteiger partial charge in [-0.05, 0) is 58.0 Å². The third kappa shape index (κ3) is 3.16. The summed E-state index contributed by atoms with van der Waals surface area (Å²) in [5, 5.41) is 2.52. The highest BCUT2D eigenvalue weighted by molar-refractivity contribution is 14.1. The van der Waals surface area contributed by atoms with Crippen molar-refractivity contribution in [2.75, 3.05) is 13.2 Å². The van der Waals surface area contributed by atoms with Gasteiger partial charge in [0.15, 0.2) is 0 Å². The van der Waals surface area contributed by atoms with Crippen molar-refractivity contribution < 1.29 is 9.53 Å². The molecule has 1 unspecified atom stereocenters. The largest absolute Gasteiger partial charge is 0.491 e. The number of carbonyl (C=O) groups is 1.